The van der Waals surface area contributed by atoms with E-state index in [0.717, 1.165) is 169 Å². The third-order valence-corrected chi connectivity index (χ3v) is 24.6. The highest BCUT2D eigenvalue weighted by Crippen LogP contribution is 2.61. The Labute approximate surface area is 652 Å². The predicted molar refractivity (Wildman–Crippen MR) is 461 cm³/mol. The maximum Gasteiger partial charge on any atom is 0.252 e. The molecule has 15 aromatic carbocycles. The summed E-state index contributed by atoms with van der Waals surface area (Å²) in [5.74, 6) is 4.99. The molecule has 111 heavy (non-hydrogen) atoms. The van der Waals surface area contributed by atoms with Crippen LogP contribution in [0.15, 0.2) is 334 Å². The van der Waals surface area contributed by atoms with E-state index in [1.807, 2.05) is 0 Å². The van der Waals surface area contributed by atoms with Crippen LogP contribution < -0.4 is 40.4 Å². The fourth-order valence-electron chi connectivity index (χ4n) is 18.9. The molecular formula is C105H85BN2O3. The molecular weight excluding hydrogens is 1350 g/mol. The van der Waals surface area contributed by atoms with E-state index in [2.05, 4.69) is 413 Å². The minimum absolute atomic E-state index is 0.244. The Hall–Kier alpha value is -12.6. The lowest BCUT2D eigenvalue weighted by Crippen LogP contribution is -2.62. The van der Waals surface area contributed by atoms with E-state index < -0.39 is 16.2 Å². The van der Waals surface area contributed by atoms with Crippen LogP contribution in [-0.2, 0) is 27.1 Å². The van der Waals surface area contributed by atoms with Crippen LogP contribution in [0.25, 0.3) is 55.6 Å². The molecule has 0 spiro atoms. The van der Waals surface area contributed by atoms with Crippen LogP contribution >= 0.6 is 0 Å². The van der Waals surface area contributed by atoms with Gasteiger partial charge in [0.1, 0.15) is 34.5 Å². The van der Waals surface area contributed by atoms with Crippen LogP contribution in [0.4, 0.5) is 34.1 Å². The third-order valence-electron chi connectivity index (χ3n) is 24.6. The number of para-hydroxylation sites is 3. The third kappa shape index (κ3) is 10.6. The summed E-state index contributed by atoms with van der Waals surface area (Å²) in [6, 6.07) is 124. The highest BCUT2D eigenvalue weighted by molar-refractivity contribution is 7.00. The molecule has 0 aliphatic carbocycles. The highest BCUT2D eigenvalue weighted by atomic mass is 16.5. The van der Waals surface area contributed by atoms with Gasteiger partial charge in [-0.3, -0.25) is 0 Å². The van der Waals surface area contributed by atoms with E-state index >= 15 is 0 Å². The number of hydrogen-bond donors (Lipinski definition) is 0. The summed E-state index contributed by atoms with van der Waals surface area (Å²) in [6.45, 7) is 23.2. The monoisotopic (exact) mass is 1430 g/mol. The van der Waals surface area contributed by atoms with Gasteiger partial charge in [-0.1, -0.05) is 330 Å². The molecule has 0 bridgehead atoms. The van der Waals surface area contributed by atoms with Gasteiger partial charge in [-0.15, -0.1) is 0 Å². The zero-order valence-corrected chi connectivity index (χ0v) is 64.5. The standard InChI is InChI=1S/C105H85BN2O3/c1-101(2,3)74-58-76(66-35-17-11-18-36-66)99(77(59-74)67-37-19-12-20-38-67)107-88-64-96-84(103(7,8)80-47-29-32-50-92(80)109-96)62-86(88)106-87-63-85-97(110-93-51-33-30-48-81(93)104(85,9)10)65-89(87)108(100-78(68-39-21-13-22-40-68)60-75(102(4,5)6)61-79(100)69-41-23-14-24-42-69)91-56-71(55-90(107)98(91)106)70-53-54-83-95(57-70)111-94-52-34-31-49-82(94)105(83,72-43-25-15-26-44-72)73-45-27-16-28-46-73/h11-65H,1-10H3. The van der Waals surface area contributed by atoms with Crippen LogP contribution in [0.2, 0.25) is 0 Å². The van der Waals surface area contributed by atoms with Crippen LogP contribution in [0.1, 0.15) is 125 Å². The van der Waals surface area contributed by atoms with E-state index in [1.54, 1.807) is 0 Å². The smallest absolute Gasteiger partial charge is 0.252 e. The Balaban J connectivity index is 0.985. The molecule has 5 nitrogen and oxygen atoms in total. The lowest BCUT2D eigenvalue weighted by atomic mass is 9.33. The van der Waals surface area contributed by atoms with Crippen molar-refractivity contribution in [2.75, 3.05) is 9.80 Å². The number of nitrogens with zero attached hydrogens (tertiary/aromatic N) is 2. The number of benzene rings is 15. The molecule has 5 aliphatic rings. The SMILES string of the molecule is CC(C)(C)c1cc(-c2ccccc2)c(N2c3cc4c(cc3B3c5cc6c(cc5N(c5c(-c7ccccc7)cc(C(C)(C)C)cc5-c5ccccc5)c5cc(-c7ccc8c(c7)Oc7ccccc7C8(c7ccccc7)c7ccccc7)cc2c53)Oc2ccccc2C6(C)C)C(C)(C)c2ccccc2O4)c(-c2ccccc2)c1. The Morgan fingerprint density at radius 3 is 0.946 bits per heavy atom. The molecule has 0 N–H and O–H groups in total. The van der Waals surface area contributed by atoms with E-state index in [9.17, 15) is 0 Å². The van der Waals surface area contributed by atoms with Crippen molar-refractivity contribution in [3.05, 3.63) is 389 Å². The van der Waals surface area contributed by atoms with Gasteiger partial charge in [-0.25, -0.2) is 0 Å². The maximum absolute atomic E-state index is 7.49. The number of fused-ring (bicyclic) bond motifs is 10. The van der Waals surface area contributed by atoms with Gasteiger partial charge in [0.05, 0.1) is 16.8 Å². The van der Waals surface area contributed by atoms with Crippen molar-refractivity contribution >= 4 is 57.2 Å². The van der Waals surface area contributed by atoms with Crippen LogP contribution in [0.5, 0.6) is 34.5 Å². The molecule has 0 amide bonds. The average Bonchev–Trinajstić information content (AvgIpc) is 0.678. The van der Waals surface area contributed by atoms with Gasteiger partial charge in [0.2, 0.25) is 0 Å². The largest absolute Gasteiger partial charge is 0.457 e. The van der Waals surface area contributed by atoms with E-state index in [4.69, 9.17) is 14.2 Å². The first kappa shape index (κ1) is 67.7. The van der Waals surface area contributed by atoms with Gasteiger partial charge < -0.3 is 24.0 Å². The quantitative estimate of drug-likeness (QED) is 0.135. The number of ether oxygens (including phenoxy) is 3. The summed E-state index contributed by atoms with van der Waals surface area (Å²) in [6.07, 6.45) is 0. The zero-order chi connectivity index (χ0) is 75.5. The van der Waals surface area contributed by atoms with Crippen molar-refractivity contribution in [3.63, 3.8) is 0 Å². The minimum atomic E-state index is -0.740. The summed E-state index contributed by atoms with van der Waals surface area (Å²) in [5, 5.41) is 0. The van der Waals surface area contributed by atoms with E-state index in [1.165, 1.54) is 27.5 Å². The molecule has 0 unspecified atom stereocenters. The molecule has 0 saturated heterocycles. The highest BCUT2D eigenvalue weighted by Gasteiger charge is 2.51. The van der Waals surface area contributed by atoms with Gasteiger partial charge in [0.25, 0.3) is 6.71 Å². The van der Waals surface area contributed by atoms with Crippen LogP contribution in [0, 0.1) is 0 Å². The van der Waals surface area contributed by atoms with E-state index in [-0.39, 0.29) is 17.5 Å². The normalized spacial score (nSPS) is 14.8. The molecule has 0 radical (unpaired) electrons. The number of hydrogen-bond acceptors (Lipinski definition) is 5. The topological polar surface area (TPSA) is 34.2 Å². The summed E-state index contributed by atoms with van der Waals surface area (Å²) in [7, 11) is 0. The van der Waals surface area contributed by atoms with E-state index in [0.29, 0.717) is 0 Å². The number of rotatable bonds is 9. The van der Waals surface area contributed by atoms with Crippen LogP contribution in [-0.4, -0.2) is 6.71 Å². The molecule has 0 atom stereocenters. The minimum Gasteiger partial charge on any atom is -0.457 e. The Kier molecular flexibility index (Phi) is 15.4. The first-order valence-electron chi connectivity index (χ1n) is 39.1. The molecule has 6 heteroatoms. The van der Waals surface area contributed by atoms with Crippen molar-refractivity contribution < 1.29 is 14.2 Å². The fraction of sp³-hybridized carbons (Fsp3) is 0.143. The summed E-state index contributed by atoms with van der Waals surface area (Å²) in [4.78, 5) is 5.35. The Bertz CT molecular complexity index is 5810. The first-order chi connectivity index (χ1) is 53.8. The second-order valence-corrected chi connectivity index (χ2v) is 33.9. The lowest BCUT2D eigenvalue weighted by molar-refractivity contribution is 0.418. The van der Waals surface area contributed by atoms with Gasteiger partial charge >= 0.3 is 0 Å². The molecule has 0 fully saturated rings. The lowest BCUT2D eigenvalue weighted by Gasteiger charge is -2.47. The fourth-order valence-corrected chi connectivity index (χ4v) is 18.9. The summed E-state index contributed by atoms with van der Waals surface area (Å²) < 4.78 is 22.4. The Morgan fingerprint density at radius 2 is 0.577 bits per heavy atom. The Morgan fingerprint density at radius 1 is 0.261 bits per heavy atom. The van der Waals surface area contributed by atoms with Crippen molar-refractivity contribution in [1.82, 2.24) is 0 Å². The van der Waals surface area contributed by atoms with Crippen molar-refractivity contribution in [2.45, 2.75) is 96.3 Å². The second kappa shape index (κ2) is 25.2. The van der Waals surface area contributed by atoms with Crippen LogP contribution in [0.3, 0.4) is 0 Å². The molecule has 15 aromatic rings. The molecule has 5 aliphatic heterocycles. The van der Waals surface area contributed by atoms with Gasteiger partial charge in [0.15, 0.2) is 0 Å². The average molecular weight is 1430 g/mol. The van der Waals surface area contributed by atoms with Crippen molar-refractivity contribution in [2.24, 2.45) is 0 Å². The molecule has 0 saturated carbocycles. The first-order valence-corrected chi connectivity index (χ1v) is 39.1. The van der Waals surface area contributed by atoms with Crippen molar-refractivity contribution in [1.29, 1.82) is 0 Å². The zero-order valence-electron chi connectivity index (χ0n) is 64.5. The molecule has 20 rings (SSSR count). The maximum atomic E-state index is 7.49. The summed E-state index contributed by atoms with van der Waals surface area (Å²) in [5.41, 5.74) is 30.0. The summed E-state index contributed by atoms with van der Waals surface area (Å²) >= 11 is 0. The van der Waals surface area contributed by atoms with Gasteiger partial charge in [-0.2, -0.15) is 0 Å². The number of anilines is 6. The molecule has 0 aromatic heterocycles. The van der Waals surface area contributed by atoms with Gasteiger partial charge in [0, 0.05) is 101 Å². The predicted octanol–water partition coefficient (Wildman–Crippen LogP) is 26.1. The van der Waals surface area contributed by atoms with Crippen molar-refractivity contribution in [3.8, 4) is 90.1 Å². The second-order valence-electron chi connectivity index (χ2n) is 33.9. The van der Waals surface area contributed by atoms with Gasteiger partial charge in [-0.05, 0) is 144 Å². The molecule has 536 valence electrons. The molecule has 5 heterocycles.